The highest BCUT2D eigenvalue weighted by atomic mass is 35.5. The van der Waals surface area contributed by atoms with Gasteiger partial charge in [0.25, 0.3) is 5.69 Å². The van der Waals surface area contributed by atoms with Crippen molar-refractivity contribution in [2.75, 3.05) is 46.9 Å². The number of nitro benzene ring substituents is 1. The third kappa shape index (κ3) is 16.9. The molecule has 4 aliphatic heterocycles. The molecule has 432 valence electrons. The zero-order chi connectivity index (χ0) is 56.2. The molecule has 4 heterocycles. The zero-order valence-corrected chi connectivity index (χ0v) is 47.6. The van der Waals surface area contributed by atoms with E-state index in [0.29, 0.717) is 37.9 Å². The molecule has 76 heavy (non-hydrogen) atoms. The Morgan fingerprint density at radius 1 is 0.763 bits per heavy atom. The van der Waals surface area contributed by atoms with Crippen LogP contribution in [0.25, 0.3) is 0 Å². The summed E-state index contributed by atoms with van der Waals surface area (Å²) in [6, 6.07) is 4.22. The van der Waals surface area contributed by atoms with Crippen molar-refractivity contribution in [1.29, 1.82) is 0 Å². The summed E-state index contributed by atoms with van der Waals surface area (Å²) in [5.41, 5.74) is 3.87. The normalized spacial score (nSPS) is 32.3. The van der Waals surface area contributed by atoms with E-state index in [1.54, 1.807) is 28.3 Å². The van der Waals surface area contributed by atoms with Crippen LogP contribution >= 0.6 is 23.2 Å². The molecule has 0 aromatic heterocycles. The number of halogens is 2. The van der Waals surface area contributed by atoms with Crippen molar-refractivity contribution in [3.8, 4) is 5.75 Å². The fourth-order valence-corrected chi connectivity index (χ4v) is 10.2. The van der Waals surface area contributed by atoms with Gasteiger partial charge in [-0.05, 0) is 75.3 Å². The predicted octanol–water partition coefficient (Wildman–Crippen LogP) is 8.23. The first kappa shape index (κ1) is 66.2. The summed E-state index contributed by atoms with van der Waals surface area (Å²) >= 11 is 9.53. The molecule has 3 amide bonds. The molecule has 5 N–H and O–H groups in total. The Kier molecular flexibility index (Phi) is 25.0. The summed E-state index contributed by atoms with van der Waals surface area (Å²) in [5, 5.41) is 18.7. The molecule has 1 aromatic rings. The molecule has 4 unspecified atom stereocenters. The van der Waals surface area contributed by atoms with Crippen LogP contribution in [0.4, 0.5) is 15.3 Å². The van der Waals surface area contributed by atoms with Crippen molar-refractivity contribution in [3.63, 3.8) is 0 Å². The van der Waals surface area contributed by atoms with Crippen molar-refractivity contribution >= 4 is 53.0 Å². The molecule has 14 atom stereocenters. The Balaban J connectivity index is 0.000000327. The zero-order valence-electron chi connectivity index (χ0n) is 46.1. The van der Waals surface area contributed by atoms with Gasteiger partial charge in [-0.25, -0.2) is 9.59 Å². The molecule has 6 aliphatic rings. The second-order valence-corrected chi connectivity index (χ2v) is 22.3. The van der Waals surface area contributed by atoms with Crippen molar-refractivity contribution < 1.29 is 66.7 Å². The highest BCUT2D eigenvalue weighted by Gasteiger charge is 2.73. The molecule has 22 heteroatoms. The van der Waals surface area contributed by atoms with Gasteiger partial charge >= 0.3 is 12.2 Å². The van der Waals surface area contributed by atoms with E-state index in [2.05, 4.69) is 81.8 Å². The number of allylic oxidation sites excluding steroid dienone is 2. The molecule has 1 aromatic carbocycles. The molecular formula is C54H87Cl2N5O15. The molecule has 20 nitrogen and oxygen atoms in total. The van der Waals surface area contributed by atoms with Crippen molar-refractivity contribution in [2.45, 2.75) is 173 Å². The quantitative estimate of drug-likeness (QED) is 0.0218. The number of nitrogens with zero attached hydrogens (tertiary/aromatic N) is 1. The summed E-state index contributed by atoms with van der Waals surface area (Å²) in [5.74, 6) is 0.671. The summed E-state index contributed by atoms with van der Waals surface area (Å²) < 4.78 is 52.4. The third-order valence-corrected chi connectivity index (χ3v) is 14.6. The maximum Gasteiger partial charge on any atom is 0.514 e. The van der Waals surface area contributed by atoms with Crippen LogP contribution in [0.15, 0.2) is 48.6 Å². The lowest BCUT2D eigenvalue weighted by Gasteiger charge is -2.42. The van der Waals surface area contributed by atoms with E-state index in [4.69, 9.17) is 71.6 Å². The first-order valence-corrected chi connectivity index (χ1v) is 26.8. The lowest BCUT2D eigenvalue weighted by atomic mass is 9.68. The number of amides is 3. The van der Waals surface area contributed by atoms with Crippen molar-refractivity contribution in [2.24, 2.45) is 41.2 Å². The number of hydrogen-bond acceptors (Lipinski definition) is 16. The number of hydrogen-bond donors (Lipinski definition) is 4. The largest absolute Gasteiger partial charge is 0.514 e. The number of epoxide rings is 4. The Labute approximate surface area is 459 Å². The van der Waals surface area contributed by atoms with Gasteiger partial charge in [-0.2, -0.15) is 0 Å². The molecule has 0 bridgehead atoms. The number of nitrogens with two attached hydrogens (primary N) is 1. The number of rotatable bonds is 17. The van der Waals surface area contributed by atoms with Crippen LogP contribution in [0.2, 0.25) is 0 Å². The average Bonchev–Trinajstić information content (AvgIpc) is 4.25. The molecular weight excluding hydrogens is 1030 g/mol. The number of likely N-dealkylation sites (N-methyl/N-ethyl adjacent to an activating group) is 2. The fourth-order valence-electron chi connectivity index (χ4n) is 10.2. The number of non-ortho nitro benzene ring substituents is 1. The second kappa shape index (κ2) is 28.7. The summed E-state index contributed by atoms with van der Waals surface area (Å²) in [6.45, 7) is 21.5. The maximum absolute atomic E-state index is 12.7. The smallest absolute Gasteiger partial charge is 0.443 e. The van der Waals surface area contributed by atoms with Crippen LogP contribution in [-0.4, -0.2) is 147 Å². The third-order valence-electron chi connectivity index (χ3n) is 14.6. The highest BCUT2D eigenvalue weighted by molar-refractivity contribution is 6.40. The minimum atomic E-state index is -0.879. The standard InChI is InChI=1S/C23H38N2O6.C23H29NO8.C6H14N2O.CH2Cl2.CH4/c1-13(2)8-9-16-22(5,31-16)19-18(28-7)15(10-11-23(19)12-29-23)30-21(27)25-17(14(3)4)20(26)24-6;1-14(2)5-10-18-22(3,32-18)20-19(28-4)17(11-12-23(20)13-29-23)31-21(25)30-16-8-6-15(7-9-16)24(26)27;1-4(2)5(7)6(9)8-3;2-1-3;/h8-9,13-19H,10-12H2,1-7H3,(H,24,26)(H,25,27);5-10,14,17-20H,11-13H2,1-4H3;4-5H,7H2,1-3H3,(H,8,9);1H2;1H4/b9-8+;10-5+;;;/t15-,16-,17?,18-,19?,22-,23+;17-,18-,19-,20?,22-,23+;;;/m11.../s1. The second-order valence-electron chi connectivity index (χ2n) is 21.5. The minimum Gasteiger partial charge on any atom is -0.443 e. The van der Waals surface area contributed by atoms with Gasteiger partial charge < -0.3 is 64.3 Å². The number of nitro groups is 1. The van der Waals surface area contributed by atoms with E-state index in [1.165, 1.54) is 24.3 Å². The Hall–Kier alpha value is -4.12. The van der Waals surface area contributed by atoms with Crippen LogP contribution in [-0.2, 0) is 47.5 Å². The number of alkyl carbamates (subject to hydrolysis) is 1. The number of carbonyl (C=O) groups is 4. The van der Waals surface area contributed by atoms with Gasteiger partial charge in [0, 0.05) is 40.4 Å². The topological polar surface area (TPSA) is 270 Å². The van der Waals surface area contributed by atoms with E-state index in [0.717, 1.165) is 12.8 Å². The average molecular weight is 1120 g/mol. The minimum absolute atomic E-state index is 0. The van der Waals surface area contributed by atoms with Crippen LogP contribution in [0.5, 0.6) is 5.75 Å². The summed E-state index contributed by atoms with van der Waals surface area (Å²) in [6.07, 6.45) is 7.89. The Morgan fingerprint density at radius 3 is 1.51 bits per heavy atom. The number of carbonyl (C=O) groups excluding carboxylic acids is 4. The SMILES string of the molecule is C.CNC(=O)C(N)C(C)C.CNC(=O)C(NC(=O)O[C@@H]1CC[C@]2(CO2)C([C@]2(C)O[C@@H]2/C=C/C(C)C)[C@@H]1OC)C(C)C.CO[C@H]1C([C@]2(C)O[C@@H]2/C=C/C(C)C)[C@]2(CC[C@H]1OC(=O)Oc1ccc([N+](=O)[O-])cc1)CO2.ClCCl. The van der Waals surface area contributed by atoms with Crippen LogP contribution < -0.4 is 26.4 Å². The van der Waals surface area contributed by atoms with Crippen molar-refractivity contribution in [1.82, 2.24) is 16.0 Å². The fraction of sp³-hybridized carbons (Fsp3) is 0.741. The molecule has 2 spiro atoms. The summed E-state index contributed by atoms with van der Waals surface area (Å²) in [4.78, 5) is 58.2. The number of benzene rings is 1. The van der Waals surface area contributed by atoms with Gasteiger partial charge in [-0.15, -0.1) is 23.2 Å². The lowest BCUT2D eigenvalue weighted by molar-refractivity contribution is -0.384. The Bertz CT molecular complexity index is 2120. The van der Waals surface area contributed by atoms with Gasteiger partial charge in [0.1, 0.15) is 70.8 Å². The van der Waals surface area contributed by atoms with E-state index < -0.39 is 52.7 Å². The lowest BCUT2D eigenvalue weighted by Crippen LogP contribution is -2.57. The molecule has 0 radical (unpaired) electrons. The van der Waals surface area contributed by atoms with Gasteiger partial charge in [0.15, 0.2) is 0 Å². The predicted molar refractivity (Wildman–Crippen MR) is 289 cm³/mol. The Morgan fingerprint density at radius 2 is 1.18 bits per heavy atom. The van der Waals surface area contributed by atoms with E-state index in [-0.39, 0.29) is 95.2 Å². The van der Waals surface area contributed by atoms with Crippen LogP contribution in [0, 0.1) is 45.6 Å². The molecule has 2 saturated carbocycles. The van der Waals surface area contributed by atoms with Crippen LogP contribution in [0.1, 0.15) is 102 Å². The molecule has 7 rings (SSSR count). The van der Waals surface area contributed by atoms with Gasteiger partial charge in [0.05, 0.1) is 41.4 Å². The summed E-state index contributed by atoms with van der Waals surface area (Å²) in [7, 11) is 6.37. The van der Waals surface area contributed by atoms with Crippen molar-refractivity contribution in [3.05, 3.63) is 58.7 Å². The van der Waals surface area contributed by atoms with E-state index in [9.17, 15) is 29.3 Å². The number of nitrogens with one attached hydrogen (secondary N) is 3. The first-order valence-electron chi connectivity index (χ1n) is 25.7. The number of methoxy groups -OCH3 is 2. The van der Waals surface area contributed by atoms with Crippen LogP contribution in [0.3, 0.4) is 0 Å². The van der Waals surface area contributed by atoms with E-state index >= 15 is 0 Å². The van der Waals surface area contributed by atoms with Gasteiger partial charge in [-0.3, -0.25) is 19.7 Å². The van der Waals surface area contributed by atoms with Gasteiger partial charge in [-0.1, -0.05) is 87.1 Å². The molecule has 2 aliphatic carbocycles. The number of ether oxygens (including phenoxy) is 9. The molecule has 4 saturated heterocycles. The monoisotopic (exact) mass is 1120 g/mol. The van der Waals surface area contributed by atoms with E-state index in [1.807, 2.05) is 27.7 Å². The number of alkyl halides is 2. The van der Waals surface area contributed by atoms with Gasteiger partial charge in [0.2, 0.25) is 11.8 Å². The molecule has 6 fully saturated rings. The highest BCUT2D eigenvalue weighted by Crippen LogP contribution is 2.60. The maximum atomic E-state index is 12.7. The first-order chi connectivity index (χ1) is 35.3.